The molecule has 19 heavy (non-hydrogen) atoms. The summed E-state index contributed by atoms with van der Waals surface area (Å²) in [6.07, 6.45) is 8.24. The highest BCUT2D eigenvalue weighted by Crippen LogP contribution is 2.47. The molecule has 1 aliphatic carbocycles. The molecule has 2 heterocycles. The number of rotatable bonds is 1. The summed E-state index contributed by atoms with van der Waals surface area (Å²) in [6, 6.07) is 8.80. The lowest BCUT2D eigenvalue weighted by Crippen LogP contribution is -2.34. The molecule has 0 unspecified atom stereocenters. The summed E-state index contributed by atoms with van der Waals surface area (Å²) in [6.45, 7) is 0. The van der Waals surface area contributed by atoms with Crippen LogP contribution in [-0.2, 0) is 0 Å². The van der Waals surface area contributed by atoms with Crippen LogP contribution >= 0.6 is 0 Å². The van der Waals surface area contributed by atoms with E-state index >= 15 is 0 Å². The van der Waals surface area contributed by atoms with Gasteiger partial charge in [0, 0.05) is 6.04 Å². The number of aromatic amines is 1. The van der Waals surface area contributed by atoms with Crippen LogP contribution in [0.2, 0.25) is 0 Å². The average molecular weight is 255 g/mol. The Bertz CT molecular complexity index is 587. The van der Waals surface area contributed by atoms with E-state index in [1.165, 1.54) is 32.1 Å². The fourth-order valence-electron chi connectivity index (χ4n) is 3.22. The van der Waals surface area contributed by atoms with Gasteiger partial charge in [0.25, 0.3) is 0 Å². The van der Waals surface area contributed by atoms with Crippen LogP contribution in [0.3, 0.4) is 0 Å². The molecule has 0 atom stereocenters. The first kappa shape index (κ1) is 10.9. The molecule has 2 aromatic rings. The standard InChI is InChI=1S/C15H17N3O/c1-2-6-11(7-3-1)18-12-8-4-5-9-13(12)19-14-10-16-17-15(14)18/h4-5,8-11H,1-3,6-7H2,(H,16,17). The molecule has 0 spiro atoms. The number of ether oxygens (including phenoxy) is 1. The molecule has 98 valence electrons. The minimum absolute atomic E-state index is 0.554. The Morgan fingerprint density at radius 3 is 2.84 bits per heavy atom. The molecule has 1 saturated carbocycles. The van der Waals surface area contributed by atoms with Gasteiger partial charge in [0.05, 0.1) is 11.9 Å². The molecule has 0 bridgehead atoms. The Labute approximate surface area is 112 Å². The van der Waals surface area contributed by atoms with Gasteiger partial charge in [-0.05, 0) is 25.0 Å². The summed E-state index contributed by atoms with van der Waals surface area (Å²) in [4.78, 5) is 2.39. The predicted octanol–water partition coefficient (Wildman–Crippen LogP) is 3.99. The number of fused-ring (bicyclic) bond motifs is 2. The number of para-hydroxylation sites is 2. The first-order chi connectivity index (χ1) is 9.43. The second-order valence-electron chi connectivity index (χ2n) is 5.31. The average Bonchev–Trinajstić information content (AvgIpc) is 2.93. The molecule has 1 aliphatic heterocycles. The molecule has 4 heteroatoms. The van der Waals surface area contributed by atoms with Gasteiger partial charge in [-0.2, -0.15) is 5.10 Å². The number of nitrogens with zero attached hydrogens (tertiary/aromatic N) is 2. The van der Waals surface area contributed by atoms with E-state index in [-0.39, 0.29) is 0 Å². The molecule has 1 aromatic heterocycles. The van der Waals surface area contributed by atoms with Crippen molar-refractivity contribution in [3.05, 3.63) is 30.5 Å². The van der Waals surface area contributed by atoms with Gasteiger partial charge in [-0.25, -0.2) is 0 Å². The van der Waals surface area contributed by atoms with Crippen molar-refractivity contribution in [2.45, 2.75) is 38.1 Å². The number of nitrogens with one attached hydrogen (secondary N) is 1. The van der Waals surface area contributed by atoms with E-state index in [0.29, 0.717) is 6.04 Å². The molecule has 4 rings (SSSR count). The van der Waals surface area contributed by atoms with Gasteiger partial charge in [0.15, 0.2) is 17.3 Å². The normalized spacial score (nSPS) is 18.6. The Morgan fingerprint density at radius 1 is 1.11 bits per heavy atom. The highest BCUT2D eigenvalue weighted by Gasteiger charge is 2.31. The third kappa shape index (κ3) is 1.70. The zero-order valence-electron chi connectivity index (χ0n) is 10.8. The second-order valence-corrected chi connectivity index (χ2v) is 5.31. The molecule has 2 aliphatic rings. The van der Waals surface area contributed by atoms with Crippen molar-refractivity contribution in [2.75, 3.05) is 4.90 Å². The van der Waals surface area contributed by atoms with Gasteiger partial charge >= 0.3 is 0 Å². The predicted molar refractivity (Wildman–Crippen MR) is 74.1 cm³/mol. The molecule has 1 N–H and O–H groups in total. The van der Waals surface area contributed by atoms with Gasteiger partial charge in [0.2, 0.25) is 0 Å². The topological polar surface area (TPSA) is 41.1 Å². The Morgan fingerprint density at radius 2 is 1.95 bits per heavy atom. The molecule has 0 saturated heterocycles. The SMILES string of the molecule is c1ccc2c(c1)Oc1cn[nH]c1N2C1CCCCC1. The van der Waals surface area contributed by atoms with E-state index < -0.39 is 0 Å². The first-order valence-electron chi connectivity index (χ1n) is 7.03. The lowest BCUT2D eigenvalue weighted by atomic mass is 9.93. The van der Waals surface area contributed by atoms with Gasteiger partial charge in [-0.3, -0.25) is 5.10 Å². The highest BCUT2D eigenvalue weighted by molar-refractivity contribution is 5.75. The van der Waals surface area contributed by atoms with Crippen LogP contribution in [0.25, 0.3) is 0 Å². The van der Waals surface area contributed by atoms with Gasteiger partial charge < -0.3 is 9.64 Å². The highest BCUT2D eigenvalue weighted by atomic mass is 16.5. The van der Waals surface area contributed by atoms with E-state index in [0.717, 1.165) is 23.0 Å². The van der Waals surface area contributed by atoms with E-state index in [1.54, 1.807) is 6.20 Å². The summed E-state index contributed by atoms with van der Waals surface area (Å²) in [5.74, 6) is 2.77. The zero-order valence-corrected chi connectivity index (χ0v) is 10.8. The third-order valence-corrected chi connectivity index (χ3v) is 4.11. The summed E-state index contributed by atoms with van der Waals surface area (Å²) in [5.41, 5.74) is 1.16. The summed E-state index contributed by atoms with van der Waals surface area (Å²) >= 11 is 0. The van der Waals surface area contributed by atoms with E-state index in [4.69, 9.17) is 4.74 Å². The quantitative estimate of drug-likeness (QED) is 0.837. The first-order valence-corrected chi connectivity index (χ1v) is 7.03. The van der Waals surface area contributed by atoms with Crippen LogP contribution < -0.4 is 9.64 Å². The number of anilines is 2. The maximum atomic E-state index is 5.90. The Balaban J connectivity index is 1.81. The van der Waals surface area contributed by atoms with E-state index in [9.17, 15) is 0 Å². The number of H-pyrrole nitrogens is 1. The van der Waals surface area contributed by atoms with Crippen molar-refractivity contribution in [3.8, 4) is 11.5 Å². The molecular weight excluding hydrogens is 238 g/mol. The van der Waals surface area contributed by atoms with Crippen LogP contribution in [-0.4, -0.2) is 16.2 Å². The Kier molecular flexibility index (Phi) is 2.47. The third-order valence-electron chi connectivity index (χ3n) is 4.11. The van der Waals surface area contributed by atoms with E-state index in [1.807, 2.05) is 12.1 Å². The second kappa shape index (κ2) is 4.30. The summed E-state index contributed by atoms with van der Waals surface area (Å²) in [5, 5.41) is 7.24. The Hall–Kier alpha value is -1.97. The molecule has 0 amide bonds. The maximum Gasteiger partial charge on any atom is 0.189 e. The number of benzene rings is 1. The van der Waals surface area contributed by atoms with Crippen molar-refractivity contribution in [1.82, 2.24) is 10.2 Å². The van der Waals surface area contributed by atoms with Crippen LogP contribution in [0.4, 0.5) is 11.5 Å². The van der Waals surface area contributed by atoms with Crippen molar-refractivity contribution in [3.63, 3.8) is 0 Å². The van der Waals surface area contributed by atoms with Gasteiger partial charge in [0.1, 0.15) is 0 Å². The van der Waals surface area contributed by atoms with Gasteiger partial charge in [-0.1, -0.05) is 31.4 Å². The van der Waals surface area contributed by atoms with Crippen molar-refractivity contribution >= 4 is 11.5 Å². The van der Waals surface area contributed by atoms with Crippen molar-refractivity contribution < 1.29 is 4.74 Å². The van der Waals surface area contributed by atoms with Crippen LogP contribution in [0, 0.1) is 0 Å². The van der Waals surface area contributed by atoms with Crippen LogP contribution in [0.5, 0.6) is 11.5 Å². The smallest absolute Gasteiger partial charge is 0.189 e. The monoisotopic (exact) mass is 255 g/mol. The molecular formula is C15H17N3O. The molecule has 1 fully saturated rings. The molecule has 0 radical (unpaired) electrons. The minimum atomic E-state index is 0.554. The number of aromatic nitrogens is 2. The maximum absolute atomic E-state index is 5.90. The van der Waals surface area contributed by atoms with Crippen molar-refractivity contribution in [2.24, 2.45) is 0 Å². The lowest BCUT2D eigenvalue weighted by molar-refractivity contribution is 0.414. The van der Waals surface area contributed by atoms with Gasteiger partial charge in [-0.15, -0.1) is 0 Å². The van der Waals surface area contributed by atoms with Crippen molar-refractivity contribution in [1.29, 1.82) is 0 Å². The number of hydrogen-bond acceptors (Lipinski definition) is 3. The molecule has 1 aromatic carbocycles. The van der Waals surface area contributed by atoms with Crippen LogP contribution in [0.1, 0.15) is 32.1 Å². The lowest BCUT2D eigenvalue weighted by Gasteiger charge is -2.38. The summed E-state index contributed by atoms with van der Waals surface area (Å²) in [7, 11) is 0. The van der Waals surface area contributed by atoms with E-state index in [2.05, 4.69) is 27.2 Å². The molecule has 4 nitrogen and oxygen atoms in total. The van der Waals surface area contributed by atoms with Crippen LogP contribution in [0.15, 0.2) is 30.5 Å². The zero-order chi connectivity index (χ0) is 12.7. The largest absolute Gasteiger partial charge is 0.450 e. The fraction of sp³-hybridized carbons (Fsp3) is 0.400. The summed E-state index contributed by atoms with van der Waals surface area (Å²) < 4.78 is 5.90. The minimum Gasteiger partial charge on any atom is -0.450 e. The number of hydrogen-bond donors (Lipinski definition) is 1. The fourth-order valence-corrected chi connectivity index (χ4v) is 3.22.